The fraction of sp³-hybridized carbons (Fsp3) is 0.344. The molecule has 1 atom stereocenters. The van der Waals surface area contributed by atoms with Crippen LogP contribution < -0.4 is 5.32 Å². The van der Waals surface area contributed by atoms with Gasteiger partial charge in [-0.25, -0.2) is 0 Å². The average Bonchev–Trinajstić information content (AvgIpc) is 3.71. The van der Waals surface area contributed by atoms with E-state index in [4.69, 9.17) is 4.99 Å². The molecule has 1 N–H and O–H groups in total. The number of anilines is 1. The first-order valence-corrected chi connectivity index (χ1v) is 14.3. The number of carbonyl (C=O) groups excluding carboxylic acids is 2. The van der Waals surface area contributed by atoms with Crippen molar-refractivity contribution in [2.45, 2.75) is 44.6 Å². The molecule has 0 spiro atoms. The minimum Gasteiger partial charge on any atom is -0.342 e. The van der Waals surface area contributed by atoms with Gasteiger partial charge in [-0.05, 0) is 73.7 Å². The van der Waals surface area contributed by atoms with Crippen molar-refractivity contribution in [2.24, 2.45) is 4.99 Å². The van der Waals surface area contributed by atoms with E-state index in [2.05, 4.69) is 22.3 Å². The Labute approximate surface area is 239 Å². The van der Waals surface area contributed by atoms with E-state index in [1.165, 1.54) is 30.5 Å². The topological polar surface area (TPSA) is 108 Å². The summed E-state index contributed by atoms with van der Waals surface area (Å²) >= 11 is 0. The molecular weight excluding hydrogens is 518 g/mol. The number of benzene rings is 3. The van der Waals surface area contributed by atoms with Crippen molar-refractivity contribution in [3.63, 3.8) is 0 Å². The van der Waals surface area contributed by atoms with Gasteiger partial charge in [0.1, 0.15) is 5.92 Å². The molecule has 2 amide bonds. The first-order valence-electron chi connectivity index (χ1n) is 14.3. The van der Waals surface area contributed by atoms with Gasteiger partial charge in [0.15, 0.2) is 0 Å². The van der Waals surface area contributed by atoms with E-state index in [-0.39, 0.29) is 17.5 Å². The van der Waals surface area contributed by atoms with Gasteiger partial charge in [-0.2, -0.15) is 0 Å². The zero-order valence-corrected chi connectivity index (χ0v) is 22.9. The van der Waals surface area contributed by atoms with E-state index in [1.807, 2.05) is 41.3 Å². The molecule has 210 valence electrons. The highest BCUT2D eigenvalue weighted by Gasteiger charge is 2.36. The molecule has 3 aliphatic rings. The fourth-order valence-electron chi connectivity index (χ4n) is 5.99. The highest BCUT2D eigenvalue weighted by atomic mass is 16.6. The van der Waals surface area contributed by atoms with Gasteiger partial charge in [0.25, 0.3) is 5.69 Å². The number of nitro groups is 1. The second-order valence-corrected chi connectivity index (χ2v) is 11.0. The molecule has 0 bridgehead atoms. The fourth-order valence-corrected chi connectivity index (χ4v) is 5.99. The van der Waals surface area contributed by atoms with Crippen LogP contribution in [0.3, 0.4) is 0 Å². The number of non-ortho nitro benzene ring substituents is 1. The molecule has 3 aliphatic heterocycles. The third kappa shape index (κ3) is 5.90. The van der Waals surface area contributed by atoms with E-state index in [0.717, 1.165) is 50.1 Å². The Morgan fingerprint density at radius 1 is 0.927 bits per heavy atom. The second kappa shape index (κ2) is 11.6. The molecule has 0 saturated carbocycles. The van der Waals surface area contributed by atoms with Crippen LogP contribution in [-0.4, -0.2) is 58.4 Å². The van der Waals surface area contributed by atoms with Crippen LogP contribution in [-0.2, 0) is 22.6 Å². The molecule has 3 heterocycles. The quantitative estimate of drug-likeness (QED) is 0.223. The number of nitrogens with one attached hydrogen (secondary N) is 1. The van der Waals surface area contributed by atoms with Gasteiger partial charge in [0.05, 0.1) is 16.3 Å². The van der Waals surface area contributed by atoms with Crippen molar-refractivity contribution in [3.8, 4) is 0 Å². The van der Waals surface area contributed by atoms with E-state index >= 15 is 0 Å². The van der Waals surface area contributed by atoms with Crippen molar-refractivity contribution in [3.05, 3.63) is 99.1 Å². The first-order chi connectivity index (χ1) is 19.9. The number of fused-ring (bicyclic) bond motifs is 1. The monoisotopic (exact) mass is 551 g/mol. The smallest absolute Gasteiger partial charge is 0.269 e. The number of amides is 2. The van der Waals surface area contributed by atoms with Crippen LogP contribution in [0.4, 0.5) is 17.1 Å². The minimum absolute atomic E-state index is 0.0670. The van der Waals surface area contributed by atoms with E-state index in [9.17, 15) is 19.7 Å². The van der Waals surface area contributed by atoms with Crippen LogP contribution in [0, 0.1) is 10.1 Å². The molecule has 6 rings (SSSR count). The SMILES string of the molecule is O=C1Nc2ccc([N+](=O)[O-])cc2C1C(=Nc1ccc(CN2CCCC2)cc1)c1ccc(CCN2CCCC2=O)cc1. The molecule has 9 heteroatoms. The number of carbonyl (C=O) groups is 2. The van der Waals surface area contributed by atoms with Crippen molar-refractivity contribution in [1.29, 1.82) is 0 Å². The average molecular weight is 552 g/mol. The Balaban J connectivity index is 1.31. The number of rotatable bonds is 9. The normalized spacial score (nSPS) is 19.1. The molecule has 9 nitrogen and oxygen atoms in total. The maximum atomic E-state index is 13.3. The summed E-state index contributed by atoms with van der Waals surface area (Å²) in [6, 6.07) is 20.4. The number of hydrogen-bond acceptors (Lipinski definition) is 6. The minimum atomic E-state index is -0.790. The lowest BCUT2D eigenvalue weighted by atomic mass is 9.90. The molecule has 0 aromatic heterocycles. The molecule has 41 heavy (non-hydrogen) atoms. The van der Waals surface area contributed by atoms with Gasteiger partial charge in [-0.1, -0.05) is 36.4 Å². The second-order valence-electron chi connectivity index (χ2n) is 11.0. The number of aliphatic imine (C=N–C) groups is 1. The predicted molar refractivity (Wildman–Crippen MR) is 158 cm³/mol. The Kier molecular flexibility index (Phi) is 7.61. The summed E-state index contributed by atoms with van der Waals surface area (Å²) in [6.45, 7) is 4.65. The molecule has 0 aliphatic carbocycles. The van der Waals surface area contributed by atoms with Crippen LogP contribution >= 0.6 is 0 Å². The summed E-state index contributed by atoms with van der Waals surface area (Å²) < 4.78 is 0. The maximum absolute atomic E-state index is 13.3. The number of hydrogen-bond donors (Lipinski definition) is 1. The first kappa shape index (κ1) is 26.8. The van der Waals surface area contributed by atoms with Gasteiger partial charge >= 0.3 is 0 Å². The third-order valence-corrected chi connectivity index (χ3v) is 8.23. The molecule has 3 aromatic carbocycles. The lowest BCUT2D eigenvalue weighted by molar-refractivity contribution is -0.384. The summed E-state index contributed by atoms with van der Waals surface area (Å²) in [5.41, 5.74) is 5.37. The number of nitro benzene ring substituents is 1. The molecule has 1 unspecified atom stereocenters. The molecule has 2 saturated heterocycles. The Bertz CT molecular complexity index is 1490. The zero-order valence-electron chi connectivity index (χ0n) is 22.9. The standard InChI is InChI=1S/C32H33N5O4/c38-29-4-3-18-36(29)19-15-22-5-9-24(10-6-22)31(30-27-20-26(37(40)41)13-14-28(27)34-32(30)39)33-25-11-7-23(8-12-25)21-35-16-1-2-17-35/h5-14,20,30H,1-4,15-19,21H2,(H,34,39). The zero-order chi connectivity index (χ0) is 28.3. The maximum Gasteiger partial charge on any atom is 0.269 e. The third-order valence-electron chi connectivity index (χ3n) is 8.23. The summed E-state index contributed by atoms with van der Waals surface area (Å²) in [4.78, 5) is 45.7. The molecule has 2 fully saturated rings. The van der Waals surface area contributed by atoms with Crippen LogP contribution in [0.25, 0.3) is 0 Å². The van der Waals surface area contributed by atoms with Gasteiger partial charge in [0.2, 0.25) is 11.8 Å². The van der Waals surface area contributed by atoms with Crippen molar-refractivity contribution < 1.29 is 14.5 Å². The number of nitrogens with zero attached hydrogens (tertiary/aromatic N) is 4. The summed E-state index contributed by atoms with van der Waals surface area (Å²) in [7, 11) is 0. The van der Waals surface area contributed by atoms with Crippen molar-refractivity contribution in [1.82, 2.24) is 9.80 Å². The molecule has 0 radical (unpaired) electrons. The van der Waals surface area contributed by atoms with E-state index in [0.29, 0.717) is 35.6 Å². The van der Waals surface area contributed by atoms with Gasteiger partial charge in [0, 0.05) is 49.4 Å². The van der Waals surface area contributed by atoms with Gasteiger partial charge in [-0.15, -0.1) is 0 Å². The largest absolute Gasteiger partial charge is 0.342 e. The Morgan fingerprint density at radius 3 is 2.34 bits per heavy atom. The summed E-state index contributed by atoms with van der Waals surface area (Å²) in [6.07, 6.45) is 4.77. The van der Waals surface area contributed by atoms with Gasteiger partial charge < -0.3 is 10.2 Å². The highest BCUT2D eigenvalue weighted by Crippen LogP contribution is 2.38. The van der Waals surface area contributed by atoms with Crippen molar-refractivity contribution in [2.75, 3.05) is 31.5 Å². The van der Waals surface area contributed by atoms with E-state index in [1.54, 1.807) is 6.07 Å². The highest BCUT2D eigenvalue weighted by molar-refractivity contribution is 6.24. The van der Waals surface area contributed by atoms with Crippen molar-refractivity contribution >= 4 is 34.6 Å². The summed E-state index contributed by atoms with van der Waals surface area (Å²) in [5.74, 6) is -0.841. The Hall–Kier alpha value is -4.37. The van der Waals surface area contributed by atoms with Crippen LogP contribution in [0.2, 0.25) is 0 Å². The summed E-state index contributed by atoms with van der Waals surface area (Å²) in [5, 5.41) is 14.4. The van der Waals surface area contributed by atoms with Crippen LogP contribution in [0.5, 0.6) is 0 Å². The predicted octanol–water partition coefficient (Wildman–Crippen LogP) is 5.21. The molecule has 3 aromatic rings. The molecular formula is C32H33N5O4. The van der Waals surface area contributed by atoms with Crippen LogP contribution in [0.1, 0.15) is 53.9 Å². The lowest BCUT2D eigenvalue weighted by Crippen LogP contribution is -2.26. The van der Waals surface area contributed by atoms with E-state index < -0.39 is 10.8 Å². The van der Waals surface area contributed by atoms with Gasteiger partial charge in [-0.3, -0.25) is 29.6 Å². The Morgan fingerprint density at radius 2 is 1.66 bits per heavy atom. The van der Waals surface area contributed by atoms with Crippen LogP contribution in [0.15, 0.2) is 71.7 Å². The number of likely N-dealkylation sites (tertiary alicyclic amines) is 2. The lowest BCUT2D eigenvalue weighted by Gasteiger charge is -2.17.